The second-order valence-electron chi connectivity index (χ2n) is 5.28. The largest absolute Gasteiger partial charge is 0.319 e. The van der Waals surface area contributed by atoms with E-state index in [1.807, 2.05) is 18.8 Å². The molecule has 1 aromatic rings. The summed E-state index contributed by atoms with van der Waals surface area (Å²) in [5.74, 6) is 2.69. The normalized spacial score (nSPS) is 19.0. The lowest BCUT2D eigenvalue weighted by atomic mass is 9.87. The Morgan fingerprint density at radius 3 is 3.06 bits per heavy atom. The molecular weight excluding hydrogens is 242 g/mol. The highest BCUT2D eigenvalue weighted by Gasteiger charge is 2.19. The fourth-order valence-corrected chi connectivity index (χ4v) is 3.02. The molecule has 3 nitrogen and oxygen atoms in total. The summed E-state index contributed by atoms with van der Waals surface area (Å²) in [4.78, 5) is 9.23. The summed E-state index contributed by atoms with van der Waals surface area (Å²) in [6, 6.07) is 0. The van der Waals surface area contributed by atoms with Gasteiger partial charge in [-0.05, 0) is 49.6 Å². The lowest BCUT2D eigenvalue weighted by Crippen LogP contribution is -2.25. The molecule has 0 aromatic carbocycles. The number of hydrogen-bond donors (Lipinski definition) is 1. The van der Waals surface area contributed by atoms with Gasteiger partial charge >= 0.3 is 0 Å². The number of rotatable bonds is 5. The van der Waals surface area contributed by atoms with E-state index in [4.69, 9.17) is 4.98 Å². The maximum absolute atomic E-state index is 4.73. The van der Waals surface area contributed by atoms with Crippen molar-refractivity contribution in [2.24, 2.45) is 5.92 Å². The molecule has 1 N–H and O–H groups in total. The van der Waals surface area contributed by atoms with Gasteiger partial charge in [0.25, 0.3) is 0 Å². The van der Waals surface area contributed by atoms with Gasteiger partial charge in [0.05, 0.1) is 5.75 Å². The van der Waals surface area contributed by atoms with Crippen molar-refractivity contribution in [3.63, 3.8) is 0 Å². The van der Waals surface area contributed by atoms with E-state index in [0.29, 0.717) is 5.25 Å². The average molecular weight is 265 g/mol. The van der Waals surface area contributed by atoms with Crippen LogP contribution >= 0.6 is 11.8 Å². The Bertz CT molecular complexity index is 393. The minimum Gasteiger partial charge on any atom is -0.319 e. The molecule has 0 radical (unpaired) electrons. The van der Waals surface area contributed by atoms with Crippen LogP contribution in [-0.2, 0) is 18.6 Å². The van der Waals surface area contributed by atoms with E-state index >= 15 is 0 Å². The molecule has 1 heterocycles. The lowest BCUT2D eigenvalue weighted by Gasteiger charge is -2.23. The summed E-state index contributed by atoms with van der Waals surface area (Å²) in [5, 5.41) is 3.91. The van der Waals surface area contributed by atoms with Gasteiger partial charge in [0.15, 0.2) is 0 Å². The monoisotopic (exact) mass is 265 g/mol. The van der Waals surface area contributed by atoms with Gasteiger partial charge in [0.1, 0.15) is 5.82 Å². The first-order valence-corrected chi connectivity index (χ1v) is 7.83. The van der Waals surface area contributed by atoms with Gasteiger partial charge in [-0.25, -0.2) is 9.97 Å². The van der Waals surface area contributed by atoms with E-state index in [-0.39, 0.29) is 0 Å². The van der Waals surface area contributed by atoms with E-state index in [9.17, 15) is 0 Å². The summed E-state index contributed by atoms with van der Waals surface area (Å²) in [5.41, 5.74) is 2.65. The Labute approximate surface area is 114 Å². The maximum atomic E-state index is 4.73. The Kier molecular flexibility index (Phi) is 5.01. The van der Waals surface area contributed by atoms with Gasteiger partial charge in [-0.3, -0.25) is 0 Å². The quantitative estimate of drug-likeness (QED) is 0.887. The van der Waals surface area contributed by atoms with Crippen molar-refractivity contribution in [2.45, 2.75) is 44.1 Å². The van der Waals surface area contributed by atoms with Crippen molar-refractivity contribution >= 4 is 11.8 Å². The number of nitrogens with zero attached hydrogens (tertiary/aromatic N) is 2. The SMILES string of the molecule is CNCC1CCc2nc(CSC(C)C)ncc2C1. The van der Waals surface area contributed by atoms with Gasteiger partial charge in [0.2, 0.25) is 0 Å². The topological polar surface area (TPSA) is 37.8 Å². The molecule has 0 saturated carbocycles. The molecule has 100 valence electrons. The zero-order valence-electron chi connectivity index (χ0n) is 11.6. The summed E-state index contributed by atoms with van der Waals surface area (Å²) >= 11 is 1.91. The third kappa shape index (κ3) is 3.69. The van der Waals surface area contributed by atoms with Crippen molar-refractivity contribution in [2.75, 3.05) is 13.6 Å². The van der Waals surface area contributed by atoms with Crippen LogP contribution in [0.4, 0.5) is 0 Å². The van der Waals surface area contributed by atoms with Crippen LogP contribution < -0.4 is 5.32 Å². The maximum Gasteiger partial charge on any atom is 0.138 e. The van der Waals surface area contributed by atoms with E-state index in [0.717, 1.165) is 36.9 Å². The van der Waals surface area contributed by atoms with Gasteiger partial charge < -0.3 is 5.32 Å². The van der Waals surface area contributed by atoms with E-state index in [1.54, 1.807) is 0 Å². The van der Waals surface area contributed by atoms with Crippen molar-refractivity contribution in [3.8, 4) is 0 Å². The summed E-state index contributed by atoms with van der Waals surface area (Å²) in [7, 11) is 2.03. The van der Waals surface area contributed by atoms with Gasteiger partial charge in [0, 0.05) is 11.9 Å². The Balaban J connectivity index is 2.01. The first-order valence-electron chi connectivity index (χ1n) is 6.79. The summed E-state index contributed by atoms with van der Waals surface area (Å²) in [6.45, 7) is 5.53. The van der Waals surface area contributed by atoms with Crippen LogP contribution in [0.1, 0.15) is 37.4 Å². The van der Waals surface area contributed by atoms with Crippen LogP contribution in [0.15, 0.2) is 6.20 Å². The Morgan fingerprint density at radius 2 is 2.33 bits per heavy atom. The molecule has 1 aromatic heterocycles. The van der Waals surface area contributed by atoms with Crippen LogP contribution in [0.2, 0.25) is 0 Å². The van der Waals surface area contributed by atoms with Crippen LogP contribution in [0.3, 0.4) is 0 Å². The first kappa shape index (κ1) is 13.8. The van der Waals surface area contributed by atoms with E-state index in [2.05, 4.69) is 30.3 Å². The second-order valence-corrected chi connectivity index (χ2v) is 6.85. The fourth-order valence-electron chi connectivity index (χ4n) is 2.40. The molecule has 1 unspecified atom stereocenters. The fraction of sp³-hybridized carbons (Fsp3) is 0.714. The molecule has 0 fully saturated rings. The van der Waals surface area contributed by atoms with Crippen LogP contribution in [0.5, 0.6) is 0 Å². The molecule has 1 atom stereocenters. The molecule has 2 rings (SSSR count). The van der Waals surface area contributed by atoms with Crippen molar-refractivity contribution in [1.82, 2.24) is 15.3 Å². The van der Waals surface area contributed by atoms with E-state index < -0.39 is 0 Å². The van der Waals surface area contributed by atoms with Crippen LogP contribution in [0, 0.1) is 5.92 Å². The smallest absolute Gasteiger partial charge is 0.138 e. The second kappa shape index (κ2) is 6.53. The highest BCUT2D eigenvalue weighted by molar-refractivity contribution is 7.99. The van der Waals surface area contributed by atoms with Crippen molar-refractivity contribution in [1.29, 1.82) is 0 Å². The number of thioether (sulfide) groups is 1. The van der Waals surface area contributed by atoms with Gasteiger partial charge in [-0.2, -0.15) is 11.8 Å². The average Bonchev–Trinajstić information content (AvgIpc) is 2.36. The van der Waals surface area contributed by atoms with Gasteiger partial charge in [-0.1, -0.05) is 13.8 Å². The third-order valence-electron chi connectivity index (χ3n) is 3.34. The lowest BCUT2D eigenvalue weighted by molar-refractivity contribution is 0.433. The number of nitrogens with one attached hydrogen (secondary N) is 1. The Hall–Kier alpha value is -0.610. The molecule has 0 saturated heterocycles. The molecule has 0 spiro atoms. The zero-order chi connectivity index (χ0) is 13.0. The Morgan fingerprint density at radius 1 is 1.50 bits per heavy atom. The number of hydrogen-bond acceptors (Lipinski definition) is 4. The predicted octanol–water partition coefficient (Wildman–Crippen LogP) is 2.44. The molecule has 4 heteroatoms. The minimum absolute atomic E-state index is 0.643. The molecule has 0 bridgehead atoms. The van der Waals surface area contributed by atoms with Crippen molar-refractivity contribution in [3.05, 3.63) is 23.3 Å². The third-order valence-corrected chi connectivity index (χ3v) is 4.43. The highest BCUT2D eigenvalue weighted by Crippen LogP contribution is 2.24. The zero-order valence-corrected chi connectivity index (χ0v) is 12.4. The predicted molar refractivity (Wildman–Crippen MR) is 77.9 cm³/mol. The molecule has 18 heavy (non-hydrogen) atoms. The standard InChI is InChI=1S/C14H23N3S/c1-10(2)18-9-14-16-8-12-6-11(7-15-3)4-5-13(12)17-14/h8,10-11,15H,4-7,9H2,1-3H3. The molecule has 1 aliphatic carbocycles. The number of aryl methyl sites for hydroxylation is 1. The van der Waals surface area contributed by atoms with Crippen LogP contribution in [-0.4, -0.2) is 28.8 Å². The van der Waals surface area contributed by atoms with Gasteiger partial charge in [-0.15, -0.1) is 0 Å². The number of fused-ring (bicyclic) bond motifs is 1. The molecular formula is C14H23N3S. The van der Waals surface area contributed by atoms with E-state index in [1.165, 1.54) is 17.7 Å². The van der Waals surface area contributed by atoms with Crippen LogP contribution in [0.25, 0.3) is 0 Å². The highest BCUT2D eigenvalue weighted by atomic mass is 32.2. The van der Waals surface area contributed by atoms with Crippen molar-refractivity contribution < 1.29 is 0 Å². The molecule has 0 aliphatic heterocycles. The molecule has 1 aliphatic rings. The summed E-state index contributed by atoms with van der Waals surface area (Å²) < 4.78 is 0. The molecule has 0 amide bonds. The number of aromatic nitrogens is 2. The summed E-state index contributed by atoms with van der Waals surface area (Å²) in [6.07, 6.45) is 5.55. The first-order chi connectivity index (χ1) is 8.69. The minimum atomic E-state index is 0.643.